The van der Waals surface area contributed by atoms with Crippen LogP contribution in [0.15, 0.2) is 0 Å². The number of aliphatic hydroxyl groups is 1. The van der Waals surface area contributed by atoms with Gasteiger partial charge in [-0.3, -0.25) is 4.79 Å². The van der Waals surface area contributed by atoms with Crippen molar-refractivity contribution in [3.05, 3.63) is 0 Å². The molecular formula is C15H29NO4. The van der Waals surface area contributed by atoms with E-state index in [1.54, 1.807) is 0 Å². The topological polar surface area (TPSA) is 86.6 Å². The molecule has 0 saturated heterocycles. The van der Waals surface area contributed by atoms with Crippen molar-refractivity contribution in [1.82, 2.24) is 5.32 Å². The predicted molar refractivity (Wildman–Crippen MR) is 78.5 cm³/mol. The zero-order chi connectivity index (χ0) is 15.4. The van der Waals surface area contributed by atoms with Gasteiger partial charge in [0.15, 0.2) is 6.04 Å². The highest BCUT2D eigenvalue weighted by molar-refractivity contribution is 5.83. The van der Waals surface area contributed by atoms with Crippen LogP contribution in [0, 0.1) is 0 Å². The molecule has 0 aromatic heterocycles. The molecule has 0 spiro atoms. The molecule has 0 aromatic carbocycles. The lowest BCUT2D eigenvalue weighted by molar-refractivity contribution is -0.144. The molecule has 5 heteroatoms. The van der Waals surface area contributed by atoms with Crippen molar-refractivity contribution in [2.24, 2.45) is 0 Å². The molecule has 0 radical (unpaired) electrons. The van der Waals surface area contributed by atoms with Crippen molar-refractivity contribution in [1.29, 1.82) is 0 Å². The Kier molecular flexibility index (Phi) is 11.1. The summed E-state index contributed by atoms with van der Waals surface area (Å²) in [7, 11) is 0. The van der Waals surface area contributed by atoms with Crippen LogP contribution in [0.5, 0.6) is 0 Å². The highest BCUT2D eigenvalue weighted by Gasteiger charge is 2.24. The lowest BCUT2D eigenvalue weighted by Crippen LogP contribution is -2.47. The number of carboxylic acid groups (broad SMARTS) is 1. The average molecular weight is 287 g/mol. The van der Waals surface area contributed by atoms with Gasteiger partial charge in [-0.1, -0.05) is 51.9 Å². The summed E-state index contributed by atoms with van der Waals surface area (Å²) >= 11 is 0. The minimum atomic E-state index is -1.21. The summed E-state index contributed by atoms with van der Waals surface area (Å²) in [5.74, 6) is -1.51. The third-order valence-electron chi connectivity index (χ3n) is 3.32. The van der Waals surface area contributed by atoms with Gasteiger partial charge in [-0.05, 0) is 13.3 Å². The van der Waals surface area contributed by atoms with Gasteiger partial charge >= 0.3 is 5.97 Å². The maximum atomic E-state index is 11.6. The summed E-state index contributed by atoms with van der Waals surface area (Å²) in [4.78, 5) is 22.4. The van der Waals surface area contributed by atoms with Gasteiger partial charge in [0.1, 0.15) is 0 Å². The minimum Gasteiger partial charge on any atom is -0.480 e. The summed E-state index contributed by atoms with van der Waals surface area (Å²) in [6.07, 6.45) is 8.39. The Labute approximate surface area is 121 Å². The average Bonchev–Trinajstić information content (AvgIpc) is 2.38. The molecule has 0 aliphatic heterocycles. The maximum absolute atomic E-state index is 11.6. The lowest BCUT2D eigenvalue weighted by atomic mass is 10.1. The van der Waals surface area contributed by atoms with Gasteiger partial charge in [0, 0.05) is 6.42 Å². The molecule has 5 nitrogen and oxygen atoms in total. The molecule has 0 rings (SSSR count). The molecule has 0 aromatic rings. The van der Waals surface area contributed by atoms with E-state index in [-0.39, 0.29) is 5.91 Å². The van der Waals surface area contributed by atoms with Crippen LogP contribution < -0.4 is 5.32 Å². The highest BCUT2D eigenvalue weighted by atomic mass is 16.4. The maximum Gasteiger partial charge on any atom is 0.328 e. The van der Waals surface area contributed by atoms with Crippen molar-refractivity contribution in [3.8, 4) is 0 Å². The van der Waals surface area contributed by atoms with Crippen LogP contribution >= 0.6 is 0 Å². The molecule has 1 amide bonds. The third kappa shape index (κ3) is 9.78. The molecule has 0 aliphatic carbocycles. The number of carboxylic acids is 1. The van der Waals surface area contributed by atoms with Gasteiger partial charge in [0.05, 0.1) is 6.10 Å². The smallest absolute Gasteiger partial charge is 0.328 e. The fourth-order valence-corrected chi connectivity index (χ4v) is 2.05. The lowest BCUT2D eigenvalue weighted by Gasteiger charge is -2.16. The van der Waals surface area contributed by atoms with Crippen molar-refractivity contribution in [2.45, 2.75) is 83.8 Å². The second kappa shape index (κ2) is 11.7. The van der Waals surface area contributed by atoms with E-state index < -0.39 is 18.1 Å². The van der Waals surface area contributed by atoms with Crippen LogP contribution in [-0.2, 0) is 9.59 Å². The van der Waals surface area contributed by atoms with E-state index in [1.807, 2.05) is 0 Å². The van der Waals surface area contributed by atoms with Crippen LogP contribution in [0.1, 0.15) is 71.6 Å². The molecular weight excluding hydrogens is 258 g/mol. The molecule has 0 saturated carbocycles. The second-order valence-electron chi connectivity index (χ2n) is 5.35. The molecule has 2 atom stereocenters. The monoisotopic (exact) mass is 287 g/mol. The molecule has 0 fully saturated rings. The zero-order valence-corrected chi connectivity index (χ0v) is 12.7. The van der Waals surface area contributed by atoms with E-state index >= 15 is 0 Å². The van der Waals surface area contributed by atoms with Crippen LogP contribution in [0.4, 0.5) is 0 Å². The number of aliphatic hydroxyl groups excluding tert-OH is 1. The van der Waals surface area contributed by atoms with Gasteiger partial charge in [0.25, 0.3) is 0 Å². The Bertz CT molecular complexity index is 279. The van der Waals surface area contributed by atoms with Crippen LogP contribution in [0.3, 0.4) is 0 Å². The Hall–Kier alpha value is -1.10. The first kappa shape index (κ1) is 18.9. The van der Waals surface area contributed by atoms with E-state index in [0.29, 0.717) is 6.42 Å². The third-order valence-corrected chi connectivity index (χ3v) is 3.32. The van der Waals surface area contributed by atoms with Crippen molar-refractivity contribution in [3.63, 3.8) is 0 Å². The minimum absolute atomic E-state index is 0.302. The number of nitrogens with one attached hydrogen (secondary N) is 1. The van der Waals surface area contributed by atoms with Crippen LogP contribution in [0.2, 0.25) is 0 Å². The van der Waals surface area contributed by atoms with E-state index in [0.717, 1.165) is 19.3 Å². The van der Waals surface area contributed by atoms with E-state index in [9.17, 15) is 14.7 Å². The largest absolute Gasteiger partial charge is 0.480 e. The standard InChI is InChI=1S/C15H29NO4/c1-3-4-5-6-7-8-9-10-11-13(18)16-14(12(2)17)15(19)20/h12,14,17H,3-11H2,1-2H3,(H,16,18)(H,19,20)/t12-,14+/m1/s1. The number of unbranched alkanes of at least 4 members (excludes halogenated alkanes) is 7. The summed E-state index contributed by atoms with van der Waals surface area (Å²) in [5.41, 5.74) is 0. The first-order chi connectivity index (χ1) is 9.49. The van der Waals surface area contributed by atoms with Gasteiger partial charge in [-0.25, -0.2) is 4.79 Å². The van der Waals surface area contributed by atoms with E-state index in [4.69, 9.17) is 5.11 Å². The van der Waals surface area contributed by atoms with Gasteiger partial charge in [-0.2, -0.15) is 0 Å². The predicted octanol–water partition coefficient (Wildman–Crippen LogP) is 2.47. The molecule has 0 unspecified atom stereocenters. The zero-order valence-electron chi connectivity index (χ0n) is 12.7. The molecule has 0 aliphatic rings. The number of carbonyl (C=O) groups excluding carboxylic acids is 1. The van der Waals surface area contributed by atoms with Gasteiger partial charge < -0.3 is 15.5 Å². The fraction of sp³-hybridized carbons (Fsp3) is 0.867. The van der Waals surface area contributed by atoms with Crippen molar-refractivity contribution >= 4 is 11.9 Å². The highest BCUT2D eigenvalue weighted by Crippen LogP contribution is 2.09. The van der Waals surface area contributed by atoms with Gasteiger partial charge in [-0.15, -0.1) is 0 Å². The SMILES string of the molecule is CCCCCCCCCCC(=O)N[C@H](C(=O)O)[C@@H](C)O. The Morgan fingerprint density at radius 2 is 1.50 bits per heavy atom. The van der Waals surface area contributed by atoms with Crippen LogP contribution in [0.25, 0.3) is 0 Å². The fourth-order valence-electron chi connectivity index (χ4n) is 2.05. The normalized spacial score (nSPS) is 13.8. The number of amides is 1. The number of rotatable bonds is 12. The summed E-state index contributed by atoms with van der Waals surface area (Å²) < 4.78 is 0. The van der Waals surface area contributed by atoms with Crippen LogP contribution in [-0.4, -0.2) is 34.2 Å². The van der Waals surface area contributed by atoms with E-state index in [1.165, 1.54) is 39.0 Å². The second-order valence-corrected chi connectivity index (χ2v) is 5.35. The molecule has 0 heterocycles. The first-order valence-corrected chi connectivity index (χ1v) is 7.69. The Balaban J connectivity index is 3.60. The Morgan fingerprint density at radius 1 is 1.00 bits per heavy atom. The first-order valence-electron chi connectivity index (χ1n) is 7.69. The summed E-state index contributed by atoms with van der Waals surface area (Å²) in [6.45, 7) is 3.55. The summed E-state index contributed by atoms with van der Waals surface area (Å²) in [6, 6.07) is -1.21. The number of carbonyl (C=O) groups is 2. The van der Waals surface area contributed by atoms with Gasteiger partial charge in [0.2, 0.25) is 5.91 Å². The van der Waals surface area contributed by atoms with Crippen molar-refractivity contribution < 1.29 is 19.8 Å². The Morgan fingerprint density at radius 3 is 1.95 bits per heavy atom. The molecule has 3 N–H and O–H groups in total. The number of hydrogen-bond acceptors (Lipinski definition) is 3. The number of aliphatic carboxylic acids is 1. The molecule has 20 heavy (non-hydrogen) atoms. The van der Waals surface area contributed by atoms with Crippen molar-refractivity contribution in [2.75, 3.05) is 0 Å². The number of hydrogen-bond donors (Lipinski definition) is 3. The van der Waals surface area contributed by atoms with E-state index in [2.05, 4.69) is 12.2 Å². The summed E-state index contributed by atoms with van der Waals surface area (Å²) in [5, 5.41) is 20.4. The quantitative estimate of drug-likeness (QED) is 0.481. The molecule has 118 valence electrons. The molecule has 0 bridgehead atoms.